The van der Waals surface area contributed by atoms with E-state index < -0.39 is 29.5 Å². The monoisotopic (exact) mass is 473 g/mol. The summed E-state index contributed by atoms with van der Waals surface area (Å²) in [4.78, 5) is 37.4. The third-order valence-electron chi connectivity index (χ3n) is 6.14. The molecule has 1 aliphatic heterocycles. The lowest BCUT2D eigenvalue weighted by molar-refractivity contribution is -0.149. The summed E-state index contributed by atoms with van der Waals surface area (Å²) < 4.78 is 21.6. The minimum absolute atomic E-state index is 0.122. The fraction of sp³-hybridized carbons (Fsp3) is 0.154. The SMILES string of the molecule is CCc1c(N)c2c3c(c(-c4ccccc4)nn2c1Cc1ccccc1F)C(=O)C(=O)C(C(=O)O)O3. The molecule has 1 aliphatic rings. The van der Waals surface area contributed by atoms with E-state index in [1.807, 2.05) is 6.92 Å². The number of rotatable bonds is 5. The molecule has 0 bridgehead atoms. The highest BCUT2D eigenvalue weighted by Crippen LogP contribution is 2.42. The molecule has 8 nitrogen and oxygen atoms in total. The predicted octanol–water partition coefficient (Wildman–Crippen LogP) is 3.47. The molecule has 2 aromatic carbocycles. The quantitative estimate of drug-likeness (QED) is 0.336. The largest absolute Gasteiger partial charge is 0.478 e. The van der Waals surface area contributed by atoms with E-state index in [2.05, 4.69) is 5.10 Å². The zero-order valence-electron chi connectivity index (χ0n) is 18.6. The van der Waals surface area contributed by atoms with Gasteiger partial charge in [0.05, 0.1) is 16.9 Å². The second-order valence-electron chi connectivity index (χ2n) is 8.17. The molecule has 1 unspecified atom stereocenters. The van der Waals surface area contributed by atoms with E-state index in [4.69, 9.17) is 10.5 Å². The van der Waals surface area contributed by atoms with Gasteiger partial charge in [-0.25, -0.2) is 13.7 Å². The number of nitrogen functional groups attached to an aromatic ring is 1. The average molecular weight is 473 g/mol. The number of aliphatic carboxylic acids is 1. The molecular weight excluding hydrogens is 453 g/mol. The number of Topliss-reactive ketones (excluding diaryl/α,β-unsaturated/α-hetero) is 2. The molecule has 176 valence electrons. The van der Waals surface area contributed by atoms with Gasteiger partial charge in [0, 0.05) is 12.0 Å². The Morgan fingerprint density at radius 1 is 1.14 bits per heavy atom. The van der Waals surface area contributed by atoms with Crippen LogP contribution in [0.1, 0.15) is 34.1 Å². The Morgan fingerprint density at radius 3 is 2.49 bits per heavy atom. The minimum atomic E-state index is -2.00. The number of ether oxygens (including phenoxy) is 1. The third kappa shape index (κ3) is 3.43. The molecule has 3 heterocycles. The van der Waals surface area contributed by atoms with Crippen LogP contribution in [0, 0.1) is 5.82 Å². The number of fused-ring (bicyclic) bond motifs is 3. The van der Waals surface area contributed by atoms with Gasteiger partial charge in [-0.1, -0.05) is 55.5 Å². The Balaban J connectivity index is 1.88. The van der Waals surface area contributed by atoms with E-state index in [0.717, 1.165) is 0 Å². The van der Waals surface area contributed by atoms with Crippen molar-refractivity contribution < 1.29 is 28.6 Å². The summed E-state index contributed by atoms with van der Waals surface area (Å²) in [6.07, 6.45) is -1.40. The highest BCUT2D eigenvalue weighted by Gasteiger charge is 2.44. The first-order chi connectivity index (χ1) is 16.8. The van der Waals surface area contributed by atoms with Gasteiger partial charge in [0.1, 0.15) is 17.0 Å². The van der Waals surface area contributed by atoms with Crippen molar-refractivity contribution in [1.29, 1.82) is 0 Å². The molecule has 4 aromatic rings. The Hall–Kier alpha value is -4.53. The van der Waals surface area contributed by atoms with E-state index >= 15 is 0 Å². The molecule has 0 saturated carbocycles. The summed E-state index contributed by atoms with van der Waals surface area (Å²) in [7, 11) is 0. The number of hydrogen-bond acceptors (Lipinski definition) is 6. The topological polar surface area (TPSA) is 124 Å². The smallest absolute Gasteiger partial charge is 0.353 e. The molecule has 0 saturated heterocycles. The Bertz CT molecular complexity index is 1530. The number of carboxylic acids is 1. The van der Waals surface area contributed by atoms with E-state index in [9.17, 15) is 23.9 Å². The highest BCUT2D eigenvalue weighted by atomic mass is 19.1. The van der Waals surface area contributed by atoms with Crippen molar-refractivity contribution in [2.24, 2.45) is 0 Å². The van der Waals surface area contributed by atoms with Crippen molar-refractivity contribution in [3.63, 3.8) is 0 Å². The van der Waals surface area contributed by atoms with Crippen molar-refractivity contribution >= 4 is 28.7 Å². The van der Waals surface area contributed by atoms with Crippen molar-refractivity contribution in [2.45, 2.75) is 25.9 Å². The van der Waals surface area contributed by atoms with Gasteiger partial charge in [-0.2, -0.15) is 5.10 Å². The van der Waals surface area contributed by atoms with Gasteiger partial charge in [-0.05, 0) is 23.6 Å². The number of carbonyl (C=O) groups is 3. The van der Waals surface area contributed by atoms with Crippen molar-refractivity contribution in [1.82, 2.24) is 9.61 Å². The van der Waals surface area contributed by atoms with Gasteiger partial charge >= 0.3 is 5.97 Å². The van der Waals surface area contributed by atoms with Gasteiger partial charge in [0.25, 0.3) is 11.9 Å². The second-order valence-corrected chi connectivity index (χ2v) is 8.17. The van der Waals surface area contributed by atoms with Crippen LogP contribution in [0.4, 0.5) is 10.1 Å². The zero-order valence-corrected chi connectivity index (χ0v) is 18.6. The number of halogens is 1. The van der Waals surface area contributed by atoms with Crippen LogP contribution in [-0.4, -0.2) is 38.4 Å². The van der Waals surface area contributed by atoms with Gasteiger partial charge < -0.3 is 15.6 Å². The normalized spacial score (nSPS) is 15.2. The van der Waals surface area contributed by atoms with Gasteiger partial charge in [0.15, 0.2) is 5.75 Å². The summed E-state index contributed by atoms with van der Waals surface area (Å²) in [6, 6.07) is 15.0. The Labute approximate surface area is 198 Å². The summed E-state index contributed by atoms with van der Waals surface area (Å²) >= 11 is 0. The molecule has 0 spiro atoms. The van der Waals surface area contributed by atoms with Gasteiger partial charge in [-0.3, -0.25) is 9.59 Å². The first-order valence-corrected chi connectivity index (χ1v) is 11.0. The number of anilines is 1. The number of ketones is 2. The van der Waals surface area contributed by atoms with E-state index in [1.54, 1.807) is 48.5 Å². The number of carboxylic acid groups (broad SMARTS) is 1. The molecule has 1 atom stereocenters. The molecule has 2 aromatic heterocycles. The van der Waals surface area contributed by atoms with Crippen LogP contribution < -0.4 is 10.5 Å². The van der Waals surface area contributed by atoms with E-state index in [-0.39, 0.29) is 34.6 Å². The van der Waals surface area contributed by atoms with Gasteiger partial charge in [-0.15, -0.1) is 0 Å². The van der Waals surface area contributed by atoms with Crippen LogP contribution in [0.2, 0.25) is 0 Å². The van der Waals surface area contributed by atoms with Crippen molar-refractivity contribution in [3.05, 3.63) is 82.8 Å². The zero-order chi connectivity index (χ0) is 24.9. The Morgan fingerprint density at radius 2 is 1.83 bits per heavy atom. The molecule has 0 aliphatic carbocycles. The fourth-order valence-electron chi connectivity index (χ4n) is 4.48. The van der Waals surface area contributed by atoms with Crippen LogP contribution in [0.25, 0.3) is 16.8 Å². The van der Waals surface area contributed by atoms with Gasteiger partial charge in [0.2, 0.25) is 5.78 Å². The molecule has 9 heteroatoms. The van der Waals surface area contributed by atoms with Crippen molar-refractivity contribution in [3.8, 4) is 17.0 Å². The molecular formula is C26H20FN3O5. The van der Waals surface area contributed by atoms with Crippen LogP contribution in [0.3, 0.4) is 0 Å². The number of nitrogens with two attached hydrogens (primary N) is 1. The molecule has 0 fully saturated rings. The van der Waals surface area contributed by atoms with E-state index in [1.165, 1.54) is 10.6 Å². The maximum atomic E-state index is 14.5. The number of hydrogen-bond donors (Lipinski definition) is 2. The van der Waals surface area contributed by atoms with Crippen LogP contribution >= 0.6 is 0 Å². The second kappa shape index (κ2) is 8.35. The summed E-state index contributed by atoms with van der Waals surface area (Å²) in [5, 5.41) is 14.2. The fourth-order valence-corrected chi connectivity index (χ4v) is 4.48. The number of benzene rings is 2. The number of carbonyl (C=O) groups excluding carboxylic acids is 2. The highest BCUT2D eigenvalue weighted by molar-refractivity contribution is 6.50. The lowest BCUT2D eigenvalue weighted by Gasteiger charge is -2.24. The maximum Gasteiger partial charge on any atom is 0.353 e. The van der Waals surface area contributed by atoms with Crippen molar-refractivity contribution in [2.75, 3.05) is 5.73 Å². The number of nitrogens with zero attached hydrogens (tertiary/aromatic N) is 2. The van der Waals surface area contributed by atoms with Crippen LogP contribution in [-0.2, 0) is 22.4 Å². The third-order valence-corrected chi connectivity index (χ3v) is 6.14. The minimum Gasteiger partial charge on any atom is -0.478 e. The maximum absolute atomic E-state index is 14.5. The van der Waals surface area contributed by atoms with Crippen LogP contribution in [0.15, 0.2) is 54.6 Å². The molecule has 3 N–H and O–H groups in total. The van der Waals surface area contributed by atoms with E-state index in [0.29, 0.717) is 28.8 Å². The lowest BCUT2D eigenvalue weighted by atomic mass is 9.95. The summed E-state index contributed by atoms with van der Waals surface area (Å²) in [6.45, 7) is 1.87. The first-order valence-electron chi connectivity index (χ1n) is 11.0. The first kappa shape index (κ1) is 22.3. The van der Waals surface area contributed by atoms with Crippen LogP contribution in [0.5, 0.6) is 5.75 Å². The predicted molar refractivity (Wildman–Crippen MR) is 125 cm³/mol. The number of aromatic nitrogens is 2. The molecule has 0 amide bonds. The Kier molecular flexibility index (Phi) is 5.32. The molecule has 5 rings (SSSR count). The summed E-state index contributed by atoms with van der Waals surface area (Å²) in [5.41, 5.74) is 9.05. The summed E-state index contributed by atoms with van der Waals surface area (Å²) in [5.74, 6) is -4.31. The standard InChI is InChI=1S/C26H20FN3O5/c1-2-15-17(12-14-10-6-7-11-16(14)27)30-21(19(15)28)24-18(20(29-30)13-8-4-3-5-9-13)22(31)23(32)25(35-24)26(33)34/h3-11,25H,2,12,28H2,1H3,(H,33,34). The average Bonchev–Trinajstić information content (AvgIpc) is 3.12. The molecule has 35 heavy (non-hydrogen) atoms. The molecule has 0 radical (unpaired) electrons. The lowest BCUT2D eigenvalue weighted by Crippen LogP contribution is -2.44.